The van der Waals surface area contributed by atoms with Crippen molar-refractivity contribution < 1.29 is 9.59 Å². The van der Waals surface area contributed by atoms with Crippen LogP contribution >= 0.6 is 0 Å². The fraction of sp³-hybridized carbons (Fsp3) is 0.286. The first kappa shape index (κ1) is 18.5. The number of anilines is 2. The molecule has 0 aliphatic carbocycles. The van der Waals surface area contributed by atoms with E-state index in [0.717, 1.165) is 25.2 Å². The lowest BCUT2D eigenvalue weighted by atomic mass is 9.96. The zero-order valence-electron chi connectivity index (χ0n) is 15.0. The number of carbonyl (C=O) groups is 2. The molecule has 27 heavy (non-hydrogen) atoms. The van der Waals surface area contributed by atoms with Gasteiger partial charge in [0.1, 0.15) is 5.82 Å². The molecule has 0 spiro atoms. The van der Waals surface area contributed by atoms with Crippen LogP contribution in [0.25, 0.3) is 0 Å². The molecular formula is C21H22N4O2. The van der Waals surface area contributed by atoms with Crippen molar-refractivity contribution in [1.82, 2.24) is 10.3 Å². The molecule has 2 amide bonds. The molecule has 1 aliphatic heterocycles. The zero-order valence-corrected chi connectivity index (χ0v) is 15.0. The lowest BCUT2D eigenvalue weighted by Gasteiger charge is -2.32. The average molecular weight is 362 g/mol. The molecule has 2 N–H and O–H groups in total. The number of rotatable bonds is 5. The zero-order chi connectivity index (χ0) is 19.1. The quantitative estimate of drug-likeness (QED) is 0.801. The molecule has 1 saturated heterocycles. The number of piperidine rings is 1. The van der Waals surface area contributed by atoms with Crippen molar-refractivity contribution in [2.24, 2.45) is 5.92 Å². The maximum absolute atomic E-state index is 12.8. The van der Waals surface area contributed by atoms with Crippen molar-refractivity contribution in [3.8, 4) is 12.3 Å². The predicted molar refractivity (Wildman–Crippen MR) is 105 cm³/mol. The standard InChI is InChI=1S/C21H22N4O2/c1-2-12-23-21(27)17-9-3-4-10-18(17)24-20(26)16-8-7-14-25(15-16)19-11-5-6-13-22-19/h1,3-6,9-11,13,16H,7-8,12,14-15H2,(H,23,27)(H,24,26). The minimum Gasteiger partial charge on any atom is -0.356 e. The Morgan fingerprint density at radius 3 is 2.81 bits per heavy atom. The van der Waals surface area contributed by atoms with E-state index in [0.29, 0.717) is 17.8 Å². The molecule has 1 aromatic heterocycles. The third-order valence-corrected chi connectivity index (χ3v) is 4.55. The van der Waals surface area contributed by atoms with Gasteiger partial charge in [0.15, 0.2) is 0 Å². The SMILES string of the molecule is C#CCNC(=O)c1ccccc1NC(=O)C1CCCN(c2ccccn2)C1. The van der Waals surface area contributed by atoms with Crippen molar-refractivity contribution in [2.45, 2.75) is 12.8 Å². The smallest absolute Gasteiger partial charge is 0.254 e. The van der Waals surface area contributed by atoms with Crippen LogP contribution in [0.4, 0.5) is 11.5 Å². The lowest BCUT2D eigenvalue weighted by Crippen LogP contribution is -2.41. The Balaban J connectivity index is 1.69. The fourth-order valence-corrected chi connectivity index (χ4v) is 3.19. The van der Waals surface area contributed by atoms with Crippen molar-refractivity contribution >= 4 is 23.3 Å². The van der Waals surface area contributed by atoms with Crippen molar-refractivity contribution in [3.05, 3.63) is 54.2 Å². The van der Waals surface area contributed by atoms with Crippen molar-refractivity contribution in [1.29, 1.82) is 0 Å². The van der Waals surface area contributed by atoms with Gasteiger partial charge in [0.25, 0.3) is 5.91 Å². The highest BCUT2D eigenvalue weighted by Crippen LogP contribution is 2.23. The normalized spacial score (nSPS) is 16.3. The molecule has 0 bridgehead atoms. The summed E-state index contributed by atoms with van der Waals surface area (Å²) in [4.78, 5) is 31.6. The summed E-state index contributed by atoms with van der Waals surface area (Å²) in [6.45, 7) is 1.63. The number of carbonyl (C=O) groups excluding carboxylic acids is 2. The Hall–Kier alpha value is -3.33. The van der Waals surface area contributed by atoms with E-state index in [-0.39, 0.29) is 24.3 Å². The third-order valence-electron chi connectivity index (χ3n) is 4.55. The van der Waals surface area contributed by atoms with Gasteiger partial charge in [-0.3, -0.25) is 9.59 Å². The van der Waals surface area contributed by atoms with Gasteiger partial charge >= 0.3 is 0 Å². The number of nitrogens with one attached hydrogen (secondary N) is 2. The summed E-state index contributed by atoms with van der Waals surface area (Å²) in [7, 11) is 0. The van der Waals surface area contributed by atoms with Crippen LogP contribution in [0.5, 0.6) is 0 Å². The van der Waals surface area contributed by atoms with E-state index < -0.39 is 0 Å². The van der Waals surface area contributed by atoms with E-state index in [2.05, 4.69) is 26.4 Å². The number of terminal acetylenes is 1. The summed E-state index contributed by atoms with van der Waals surface area (Å²) < 4.78 is 0. The van der Waals surface area contributed by atoms with Crippen LogP contribution in [0.2, 0.25) is 0 Å². The molecule has 2 aromatic rings. The van der Waals surface area contributed by atoms with Gasteiger partial charge in [-0.05, 0) is 37.1 Å². The minimum atomic E-state index is -0.303. The van der Waals surface area contributed by atoms with Gasteiger partial charge in [-0.25, -0.2) is 4.98 Å². The summed E-state index contributed by atoms with van der Waals surface area (Å²) in [5.41, 5.74) is 0.894. The number of hydrogen-bond acceptors (Lipinski definition) is 4. The summed E-state index contributed by atoms with van der Waals surface area (Å²) in [6.07, 6.45) is 8.66. The Morgan fingerprint density at radius 1 is 1.22 bits per heavy atom. The van der Waals surface area contributed by atoms with Crippen LogP contribution in [-0.2, 0) is 4.79 Å². The summed E-state index contributed by atoms with van der Waals surface area (Å²) in [6, 6.07) is 12.7. The topological polar surface area (TPSA) is 74.3 Å². The van der Waals surface area contributed by atoms with E-state index in [4.69, 9.17) is 6.42 Å². The maximum atomic E-state index is 12.8. The van der Waals surface area contributed by atoms with Gasteiger partial charge in [0, 0.05) is 19.3 Å². The first-order chi connectivity index (χ1) is 13.2. The molecule has 1 aromatic carbocycles. The molecule has 6 heteroatoms. The second-order valence-corrected chi connectivity index (χ2v) is 6.39. The molecule has 3 rings (SSSR count). The monoisotopic (exact) mass is 362 g/mol. The van der Waals surface area contributed by atoms with Crippen LogP contribution in [0.15, 0.2) is 48.7 Å². The Bertz CT molecular complexity index is 845. The van der Waals surface area contributed by atoms with Gasteiger partial charge in [-0.2, -0.15) is 0 Å². The molecule has 0 radical (unpaired) electrons. The van der Waals surface area contributed by atoms with Crippen LogP contribution in [-0.4, -0.2) is 36.4 Å². The molecule has 1 fully saturated rings. The van der Waals surface area contributed by atoms with E-state index in [1.54, 1.807) is 30.5 Å². The van der Waals surface area contributed by atoms with Gasteiger partial charge in [-0.1, -0.05) is 24.1 Å². The molecule has 1 aliphatic rings. The lowest BCUT2D eigenvalue weighted by molar-refractivity contribution is -0.120. The highest BCUT2D eigenvalue weighted by molar-refractivity contribution is 6.04. The van der Waals surface area contributed by atoms with Gasteiger partial charge in [0.2, 0.25) is 5.91 Å². The fourth-order valence-electron chi connectivity index (χ4n) is 3.19. The van der Waals surface area contributed by atoms with Crippen LogP contribution in [0, 0.1) is 18.3 Å². The average Bonchev–Trinajstić information content (AvgIpc) is 2.73. The van der Waals surface area contributed by atoms with Gasteiger partial charge in [-0.15, -0.1) is 6.42 Å². The molecule has 6 nitrogen and oxygen atoms in total. The number of para-hydroxylation sites is 1. The first-order valence-corrected chi connectivity index (χ1v) is 8.96. The third kappa shape index (κ3) is 4.64. The van der Waals surface area contributed by atoms with Crippen molar-refractivity contribution in [3.63, 3.8) is 0 Å². The minimum absolute atomic E-state index is 0.0900. The van der Waals surface area contributed by atoms with E-state index in [9.17, 15) is 9.59 Å². The number of pyridine rings is 1. The van der Waals surface area contributed by atoms with Crippen LogP contribution < -0.4 is 15.5 Å². The molecule has 2 heterocycles. The largest absolute Gasteiger partial charge is 0.356 e. The van der Waals surface area contributed by atoms with E-state index in [1.165, 1.54) is 0 Å². The summed E-state index contributed by atoms with van der Waals surface area (Å²) >= 11 is 0. The second kappa shape index (κ2) is 8.86. The number of benzene rings is 1. The summed E-state index contributed by atoms with van der Waals surface area (Å²) in [5, 5.41) is 5.54. The molecular weight excluding hydrogens is 340 g/mol. The Kier molecular flexibility index (Phi) is 6.06. The van der Waals surface area contributed by atoms with E-state index >= 15 is 0 Å². The predicted octanol–water partition coefficient (Wildman–Crippen LogP) is 2.30. The number of nitrogens with zero attached hydrogens (tertiary/aromatic N) is 2. The van der Waals surface area contributed by atoms with Gasteiger partial charge < -0.3 is 15.5 Å². The summed E-state index contributed by atoms with van der Waals surface area (Å²) in [5.74, 6) is 2.69. The molecule has 138 valence electrons. The Morgan fingerprint density at radius 2 is 2.04 bits per heavy atom. The second-order valence-electron chi connectivity index (χ2n) is 6.39. The van der Waals surface area contributed by atoms with Gasteiger partial charge in [0.05, 0.1) is 23.7 Å². The van der Waals surface area contributed by atoms with Crippen molar-refractivity contribution in [2.75, 3.05) is 29.9 Å². The maximum Gasteiger partial charge on any atom is 0.254 e. The molecule has 1 atom stereocenters. The molecule has 0 saturated carbocycles. The number of hydrogen-bond donors (Lipinski definition) is 2. The number of amides is 2. The van der Waals surface area contributed by atoms with Crippen LogP contribution in [0.3, 0.4) is 0 Å². The highest BCUT2D eigenvalue weighted by atomic mass is 16.2. The van der Waals surface area contributed by atoms with Crippen LogP contribution in [0.1, 0.15) is 23.2 Å². The molecule has 1 unspecified atom stereocenters. The number of aromatic nitrogens is 1. The highest BCUT2D eigenvalue weighted by Gasteiger charge is 2.27. The Labute approximate surface area is 159 Å². The first-order valence-electron chi connectivity index (χ1n) is 8.96. The van der Waals surface area contributed by atoms with E-state index in [1.807, 2.05) is 18.2 Å².